The van der Waals surface area contributed by atoms with Gasteiger partial charge in [-0.05, 0) is 12.1 Å². The third-order valence-electron chi connectivity index (χ3n) is 1.90. The highest BCUT2D eigenvalue weighted by Crippen LogP contribution is 2.19. The molecule has 0 aromatic carbocycles. The standard InChI is InChI=1S/C9H6N4O/c1-2-6-8(11-3-1)14-9(13-6)7-4-10-5-12-7/h1-5H,(H,10,12). The molecule has 0 amide bonds. The second kappa shape index (κ2) is 2.66. The lowest BCUT2D eigenvalue weighted by Crippen LogP contribution is -1.74. The van der Waals surface area contributed by atoms with E-state index in [9.17, 15) is 0 Å². The molecule has 3 aromatic rings. The number of H-pyrrole nitrogens is 1. The molecule has 3 rings (SSSR count). The molecule has 3 aromatic heterocycles. The molecule has 0 radical (unpaired) electrons. The summed E-state index contributed by atoms with van der Waals surface area (Å²) < 4.78 is 5.42. The third kappa shape index (κ3) is 0.990. The highest BCUT2D eigenvalue weighted by atomic mass is 16.4. The van der Waals surface area contributed by atoms with Gasteiger partial charge in [0.15, 0.2) is 0 Å². The number of pyridine rings is 1. The normalized spacial score (nSPS) is 10.9. The molecule has 5 heteroatoms. The Hall–Kier alpha value is -2.17. The van der Waals surface area contributed by atoms with Crippen molar-refractivity contribution in [3.63, 3.8) is 0 Å². The molecule has 68 valence electrons. The van der Waals surface area contributed by atoms with Gasteiger partial charge in [-0.2, -0.15) is 0 Å². The Morgan fingerprint density at radius 2 is 2.36 bits per heavy atom. The molecule has 0 spiro atoms. The van der Waals surface area contributed by atoms with Crippen LogP contribution in [-0.2, 0) is 0 Å². The van der Waals surface area contributed by atoms with E-state index in [4.69, 9.17) is 4.42 Å². The van der Waals surface area contributed by atoms with Gasteiger partial charge in [0.05, 0.1) is 12.5 Å². The maximum Gasteiger partial charge on any atom is 0.247 e. The minimum atomic E-state index is 0.510. The zero-order chi connectivity index (χ0) is 9.38. The zero-order valence-electron chi connectivity index (χ0n) is 7.14. The number of fused-ring (bicyclic) bond motifs is 1. The van der Waals surface area contributed by atoms with E-state index in [1.165, 1.54) is 0 Å². The van der Waals surface area contributed by atoms with Crippen LogP contribution in [0, 0.1) is 0 Å². The molecule has 14 heavy (non-hydrogen) atoms. The van der Waals surface area contributed by atoms with Crippen molar-refractivity contribution < 1.29 is 4.42 Å². The van der Waals surface area contributed by atoms with Gasteiger partial charge in [0, 0.05) is 6.20 Å². The van der Waals surface area contributed by atoms with Gasteiger partial charge in [0.2, 0.25) is 11.6 Å². The number of oxazole rings is 1. The third-order valence-corrected chi connectivity index (χ3v) is 1.90. The summed E-state index contributed by atoms with van der Waals surface area (Å²) in [6, 6.07) is 3.67. The topological polar surface area (TPSA) is 67.6 Å². The molecular formula is C9H6N4O. The van der Waals surface area contributed by atoms with E-state index in [0.29, 0.717) is 11.6 Å². The first-order valence-electron chi connectivity index (χ1n) is 4.14. The van der Waals surface area contributed by atoms with Crippen LogP contribution in [0.2, 0.25) is 0 Å². The highest BCUT2D eigenvalue weighted by Gasteiger charge is 2.08. The van der Waals surface area contributed by atoms with Crippen LogP contribution in [0.1, 0.15) is 0 Å². The molecule has 0 atom stereocenters. The number of nitrogens with zero attached hydrogens (tertiary/aromatic N) is 3. The minimum Gasteiger partial charge on any atom is -0.416 e. The summed E-state index contributed by atoms with van der Waals surface area (Å²) in [7, 11) is 0. The Kier molecular flexibility index (Phi) is 1.38. The largest absolute Gasteiger partial charge is 0.416 e. The Labute approximate surface area is 78.8 Å². The summed E-state index contributed by atoms with van der Waals surface area (Å²) in [5.41, 5.74) is 2.04. The SMILES string of the molecule is c1cnc2oc(-c3cnc[nH]3)nc2c1. The van der Waals surface area contributed by atoms with Crippen molar-refractivity contribution in [1.82, 2.24) is 19.9 Å². The molecule has 0 aliphatic heterocycles. The number of rotatable bonds is 1. The Balaban J connectivity index is 2.24. The van der Waals surface area contributed by atoms with Crippen molar-refractivity contribution in [3.05, 3.63) is 30.9 Å². The molecule has 0 saturated carbocycles. The van der Waals surface area contributed by atoms with Crippen LogP contribution in [0.25, 0.3) is 22.8 Å². The van der Waals surface area contributed by atoms with E-state index in [1.54, 1.807) is 18.7 Å². The summed E-state index contributed by atoms with van der Waals surface area (Å²) in [5.74, 6) is 0.510. The smallest absolute Gasteiger partial charge is 0.247 e. The Bertz CT molecular complexity index is 522. The van der Waals surface area contributed by atoms with Gasteiger partial charge in [-0.1, -0.05) is 0 Å². The van der Waals surface area contributed by atoms with E-state index in [0.717, 1.165) is 11.2 Å². The van der Waals surface area contributed by atoms with E-state index < -0.39 is 0 Å². The van der Waals surface area contributed by atoms with Crippen LogP contribution in [-0.4, -0.2) is 19.9 Å². The fraction of sp³-hybridized carbons (Fsp3) is 0. The number of aromatic amines is 1. The molecule has 3 heterocycles. The van der Waals surface area contributed by atoms with Crippen LogP contribution in [0.15, 0.2) is 35.3 Å². The van der Waals surface area contributed by atoms with Gasteiger partial charge in [-0.3, -0.25) is 0 Å². The number of hydrogen-bond acceptors (Lipinski definition) is 4. The lowest BCUT2D eigenvalue weighted by Gasteiger charge is -1.83. The maximum atomic E-state index is 5.42. The molecule has 0 saturated heterocycles. The molecule has 0 fully saturated rings. The molecule has 0 aliphatic rings. The van der Waals surface area contributed by atoms with Crippen molar-refractivity contribution in [2.75, 3.05) is 0 Å². The van der Waals surface area contributed by atoms with Crippen molar-refractivity contribution in [2.24, 2.45) is 0 Å². The fourth-order valence-corrected chi connectivity index (χ4v) is 1.26. The summed E-state index contributed by atoms with van der Waals surface area (Å²) in [6.45, 7) is 0. The van der Waals surface area contributed by atoms with Crippen molar-refractivity contribution in [1.29, 1.82) is 0 Å². The molecular weight excluding hydrogens is 180 g/mol. The van der Waals surface area contributed by atoms with Crippen LogP contribution < -0.4 is 0 Å². The van der Waals surface area contributed by atoms with Crippen molar-refractivity contribution in [2.45, 2.75) is 0 Å². The second-order valence-corrected chi connectivity index (χ2v) is 2.81. The number of hydrogen-bond donors (Lipinski definition) is 1. The Morgan fingerprint density at radius 3 is 3.14 bits per heavy atom. The minimum absolute atomic E-state index is 0.510. The molecule has 0 aliphatic carbocycles. The zero-order valence-corrected chi connectivity index (χ0v) is 7.14. The summed E-state index contributed by atoms with van der Waals surface area (Å²) in [6.07, 6.45) is 4.91. The summed E-state index contributed by atoms with van der Waals surface area (Å²) in [5, 5.41) is 0. The lowest BCUT2D eigenvalue weighted by molar-refractivity contribution is 0.605. The summed E-state index contributed by atoms with van der Waals surface area (Å²) in [4.78, 5) is 15.1. The van der Waals surface area contributed by atoms with E-state index in [2.05, 4.69) is 19.9 Å². The first kappa shape index (κ1) is 7.25. The van der Waals surface area contributed by atoms with Gasteiger partial charge in [0.25, 0.3) is 0 Å². The van der Waals surface area contributed by atoms with Gasteiger partial charge >= 0.3 is 0 Å². The predicted molar refractivity (Wildman–Crippen MR) is 49.4 cm³/mol. The van der Waals surface area contributed by atoms with E-state index in [-0.39, 0.29) is 0 Å². The van der Waals surface area contributed by atoms with Crippen molar-refractivity contribution in [3.8, 4) is 11.6 Å². The van der Waals surface area contributed by atoms with Crippen LogP contribution in [0.3, 0.4) is 0 Å². The quantitative estimate of drug-likeness (QED) is 0.626. The van der Waals surface area contributed by atoms with Gasteiger partial charge in [0.1, 0.15) is 11.2 Å². The lowest BCUT2D eigenvalue weighted by atomic mass is 10.4. The first-order chi connectivity index (χ1) is 6.93. The van der Waals surface area contributed by atoms with Gasteiger partial charge in [-0.25, -0.2) is 15.0 Å². The number of nitrogens with one attached hydrogen (secondary N) is 1. The number of imidazole rings is 1. The second-order valence-electron chi connectivity index (χ2n) is 2.81. The first-order valence-corrected chi connectivity index (χ1v) is 4.14. The van der Waals surface area contributed by atoms with E-state index in [1.807, 2.05) is 12.1 Å². The summed E-state index contributed by atoms with van der Waals surface area (Å²) >= 11 is 0. The van der Waals surface area contributed by atoms with Crippen LogP contribution in [0.5, 0.6) is 0 Å². The van der Waals surface area contributed by atoms with Crippen molar-refractivity contribution >= 4 is 11.2 Å². The van der Waals surface area contributed by atoms with Gasteiger partial charge in [-0.15, -0.1) is 0 Å². The Morgan fingerprint density at radius 1 is 1.36 bits per heavy atom. The monoisotopic (exact) mass is 186 g/mol. The van der Waals surface area contributed by atoms with E-state index >= 15 is 0 Å². The molecule has 1 N–H and O–H groups in total. The average molecular weight is 186 g/mol. The molecule has 0 unspecified atom stereocenters. The predicted octanol–water partition coefficient (Wildman–Crippen LogP) is 1.61. The van der Waals surface area contributed by atoms with Crippen LogP contribution >= 0.6 is 0 Å². The number of aromatic nitrogens is 4. The highest BCUT2D eigenvalue weighted by molar-refractivity contribution is 5.71. The molecule has 0 bridgehead atoms. The average Bonchev–Trinajstić information content (AvgIpc) is 2.86. The maximum absolute atomic E-state index is 5.42. The van der Waals surface area contributed by atoms with Gasteiger partial charge < -0.3 is 9.40 Å². The fourth-order valence-electron chi connectivity index (χ4n) is 1.26. The van der Waals surface area contributed by atoms with Crippen LogP contribution in [0.4, 0.5) is 0 Å². The molecule has 5 nitrogen and oxygen atoms in total.